The minimum Gasteiger partial charge on any atom is -0.278 e. The third-order valence-electron chi connectivity index (χ3n) is 9.89. The second-order valence-electron chi connectivity index (χ2n) is 12.8. The van der Waals surface area contributed by atoms with E-state index in [-0.39, 0.29) is 0 Å². The Kier molecular flexibility index (Phi) is 6.26. The zero-order chi connectivity index (χ0) is 33.5. The molecule has 0 aliphatic carbocycles. The molecule has 0 aliphatic rings. The van der Waals surface area contributed by atoms with Crippen LogP contribution >= 0.6 is 22.7 Å². The lowest BCUT2D eigenvalue weighted by Crippen LogP contribution is -2.06. The first kappa shape index (κ1) is 28.6. The van der Waals surface area contributed by atoms with Crippen LogP contribution in [0, 0.1) is 0 Å². The van der Waals surface area contributed by atoms with E-state index in [9.17, 15) is 0 Å². The van der Waals surface area contributed by atoms with E-state index < -0.39 is 0 Å². The Balaban J connectivity index is 1.15. The number of nitrogens with zero attached hydrogens (tertiary/aromatic N) is 4. The fourth-order valence-electron chi connectivity index (χ4n) is 7.56. The molecule has 7 aromatic carbocycles. The van der Waals surface area contributed by atoms with Gasteiger partial charge in [-0.25, -0.2) is 4.98 Å². The molecule has 0 bridgehead atoms. The standard InChI is InChI=1S/C45H26N4S2/c1-2-12-27(13-3-1)43-46-44(48-45(47-43)49-37-21-7-4-14-30(37)31-15-5-8-22-38(31)49)35-20-11-19-34-33-18-10-17-29(41(33)51-42(34)35)28-24-25-40-36(26-28)32-16-6-9-23-39(32)50-40/h1-26H. The van der Waals surface area contributed by atoms with Gasteiger partial charge in [0.05, 0.1) is 11.0 Å². The third kappa shape index (κ3) is 4.40. The van der Waals surface area contributed by atoms with E-state index in [1.807, 2.05) is 40.9 Å². The largest absolute Gasteiger partial charge is 0.278 e. The number of para-hydroxylation sites is 2. The number of aromatic nitrogens is 4. The van der Waals surface area contributed by atoms with Gasteiger partial charge < -0.3 is 0 Å². The van der Waals surface area contributed by atoms with Crippen molar-refractivity contribution in [1.29, 1.82) is 0 Å². The first-order valence-corrected chi connectivity index (χ1v) is 18.6. The molecule has 0 aliphatic heterocycles. The van der Waals surface area contributed by atoms with Crippen molar-refractivity contribution in [3.05, 3.63) is 158 Å². The summed E-state index contributed by atoms with van der Waals surface area (Å²) in [6.45, 7) is 0. The lowest BCUT2D eigenvalue weighted by Gasteiger charge is -2.11. The Labute approximate surface area is 300 Å². The van der Waals surface area contributed by atoms with Gasteiger partial charge in [0, 0.05) is 62.2 Å². The summed E-state index contributed by atoms with van der Waals surface area (Å²) in [7, 11) is 0. The lowest BCUT2D eigenvalue weighted by molar-refractivity contribution is 0.954. The number of fused-ring (bicyclic) bond motifs is 9. The van der Waals surface area contributed by atoms with Crippen molar-refractivity contribution in [2.45, 2.75) is 0 Å². The fourth-order valence-corrected chi connectivity index (χ4v) is 9.99. The fraction of sp³-hybridized carbons (Fsp3) is 0. The van der Waals surface area contributed by atoms with Crippen molar-refractivity contribution in [2.75, 3.05) is 0 Å². The number of thiophene rings is 2. The molecule has 0 radical (unpaired) electrons. The molecular formula is C45H26N4S2. The molecule has 4 nitrogen and oxygen atoms in total. The molecular weight excluding hydrogens is 661 g/mol. The van der Waals surface area contributed by atoms with Crippen LogP contribution in [0.1, 0.15) is 0 Å². The highest BCUT2D eigenvalue weighted by Gasteiger charge is 2.20. The predicted molar refractivity (Wildman–Crippen MR) is 216 cm³/mol. The van der Waals surface area contributed by atoms with Crippen molar-refractivity contribution in [2.24, 2.45) is 0 Å². The smallest absolute Gasteiger partial charge is 0.238 e. The summed E-state index contributed by atoms with van der Waals surface area (Å²) in [4.78, 5) is 15.6. The molecule has 4 aromatic heterocycles. The van der Waals surface area contributed by atoms with Gasteiger partial charge in [-0.2, -0.15) is 9.97 Å². The normalized spacial score (nSPS) is 11.9. The molecule has 51 heavy (non-hydrogen) atoms. The van der Waals surface area contributed by atoms with Crippen LogP contribution in [0.25, 0.3) is 102 Å². The molecule has 0 amide bonds. The van der Waals surface area contributed by atoms with Crippen molar-refractivity contribution >= 4 is 84.8 Å². The molecule has 11 rings (SSSR count). The average molecular weight is 687 g/mol. The maximum atomic E-state index is 5.28. The molecule has 6 heteroatoms. The molecule has 4 heterocycles. The summed E-state index contributed by atoms with van der Waals surface area (Å²) in [5, 5.41) is 7.41. The zero-order valence-electron chi connectivity index (χ0n) is 27.1. The molecule has 0 fully saturated rings. The summed E-state index contributed by atoms with van der Waals surface area (Å²) in [5.41, 5.74) is 6.55. The maximum Gasteiger partial charge on any atom is 0.238 e. The average Bonchev–Trinajstić information content (AvgIpc) is 3.87. The van der Waals surface area contributed by atoms with Crippen molar-refractivity contribution in [1.82, 2.24) is 19.5 Å². The lowest BCUT2D eigenvalue weighted by atomic mass is 10.0. The van der Waals surface area contributed by atoms with E-state index in [4.69, 9.17) is 15.0 Å². The van der Waals surface area contributed by atoms with E-state index in [1.54, 1.807) is 0 Å². The van der Waals surface area contributed by atoms with E-state index in [2.05, 4.69) is 144 Å². The van der Waals surface area contributed by atoms with Gasteiger partial charge in [-0.1, -0.05) is 121 Å². The maximum absolute atomic E-state index is 5.28. The second kappa shape index (κ2) is 11.2. The Bertz CT molecular complexity index is 3100. The molecule has 0 spiro atoms. The van der Waals surface area contributed by atoms with Crippen LogP contribution < -0.4 is 0 Å². The Morgan fingerprint density at radius 1 is 0.373 bits per heavy atom. The van der Waals surface area contributed by atoms with Gasteiger partial charge >= 0.3 is 0 Å². The molecule has 0 saturated carbocycles. The topological polar surface area (TPSA) is 43.6 Å². The Hall–Kier alpha value is -6.21. The summed E-state index contributed by atoms with van der Waals surface area (Å²) in [5.74, 6) is 1.91. The van der Waals surface area contributed by atoms with Crippen LogP contribution in [-0.4, -0.2) is 19.5 Å². The van der Waals surface area contributed by atoms with Crippen LogP contribution in [0.15, 0.2) is 158 Å². The quantitative estimate of drug-likeness (QED) is 0.185. The second-order valence-corrected chi connectivity index (χ2v) is 14.9. The molecule has 0 N–H and O–H groups in total. The molecule has 0 saturated heterocycles. The van der Waals surface area contributed by atoms with Crippen LogP contribution in [0.3, 0.4) is 0 Å². The summed E-state index contributed by atoms with van der Waals surface area (Å²) < 4.78 is 7.24. The van der Waals surface area contributed by atoms with E-state index in [1.165, 1.54) is 62.2 Å². The minimum atomic E-state index is 0.603. The monoisotopic (exact) mass is 686 g/mol. The summed E-state index contributed by atoms with van der Waals surface area (Å²) in [6.07, 6.45) is 0. The highest BCUT2D eigenvalue weighted by atomic mass is 32.1. The van der Waals surface area contributed by atoms with Crippen molar-refractivity contribution in [3.63, 3.8) is 0 Å². The Morgan fingerprint density at radius 3 is 1.73 bits per heavy atom. The van der Waals surface area contributed by atoms with Gasteiger partial charge in [-0.15, -0.1) is 22.7 Å². The van der Waals surface area contributed by atoms with Gasteiger partial charge in [0.25, 0.3) is 0 Å². The van der Waals surface area contributed by atoms with Crippen LogP contribution in [-0.2, 0) is 0 Å². The number of hydrogen-bond acceptors (Lipinski definition) is 5. The molecule has 0 unspecified atom stereocenters. The van der Waals surface area contributed by atoms with E-state index in [0.29, 0.717) is 17.6 Å². The van der Waals surface area contributed by atoms with Crippen molar-refractivity contribution < 1.29 is 0 Å². The van der Waals surface area contributed by atoms with Gasteiger partial charge in [-0.05, 0) is 47.5 Å². The molecule has 11 aromatic rings. The first-order valence-electron chi connectivity index (χ1n) is 16.9. The molecule has 0 atom stereocenters. The number of rotatable bonds is 4. The molecule has 238 valence electrons. The van der Waals surface area contributed by atoms with Gasteiger partial charge in [0.2, 0.25) is 5.95 Å². The minimum absolute atomic E-state index is 0.603. The van der Waals surface area contributed by atoms with Crippen molar-refractivity contribution in [3.8, 4) is 39.9 Å². The predicted octanol–water partition coefficient (Wildman–Crippen LogP) is 12.7. The number of hydrogen-bond donors (Lipinski definition) is 0. The van der Waals surface area contributed by atoms with Crippen LogP contribution in [0.4, 0.5) is 0 Å². The van der Waals surface area contributed by atoms with E-state index >= 15 is 0 Å². The summed E-state index contributed by atoms with van der Waals surface area (Å²) in [6, 6.07) is 56.0. The number of benzene rings is 7. The SMILES string of the molecule is c1ccc(-c2nc(-c3cccc4c3sc3c(-c5ccc6sc7ccccc7c6c5)cccc34)nc(-n3c4ccccc4c4ccccc43)n2)cc1. The zero-order valence-corrected chi connectivity index (χ0v) is 28.7. The van der Waals surface area contributed by atoms with Crippen LogP contribution in [0.2, 0.25) is 0 Å². The summed E-state index contributed by atoms with van der Waals surface area (Å²) >= 11 is 3.68. The highest BCUT2D eigenvalue weighted by Crippen LogP contribution is 2.45. The van der Waals surface area contributed by atoms with E-state index in [0.717, 1.165) is 22.2 Å². The van der Waals surface area contributed by atoms with Gasteiger partial charge in [-0.3, -0.25) is 4.57 Å². The van der Waals surface area contributed by atoms with Crippen LogP contribution in [0.5, 0.6) is 0 Å². The Morgan fingerprint density at radius 2 is 0.961 bits per heavy atom. The van der Waals surface area contributed by atoms with Gasteiger partial charge in [0.15, 0.2) is 11.6 Å². The van der Waals surface area contributed by atoms with Gasteiger partial charge in [0.1, 0.15) is 0 Å². The first-order chi connectivity index (χ1) is 25.3. The highest BCUT2D eigenvalue weighted by molar-refractivity contribution is 7.27. The third-order valence-corrected chi connectivity index (χ3v) is 12.3.